The van der Waals surface area contributed by atoms with E-state index in [1.807, 2.05) is 6.07 Å². The number of rotatable bonds is 1. The van der Waals surface area contributed by atoms with Gasteiger partial charge in [0.25, 0.3) is 0 Å². The quantitative estimate of drug-likeness (QED) is 0.787. The van der Waals surface area contributed by atoms with Crippen LogP contribution in [0.4, 0.5) is 0 Å². The van der Waals surface area contributed by atoms with Gasteiger partial charge in [-0.05, 0) is 37.9 Å². The Kier molecular flexibility index (Phi) is 2.44. The molecule has 1 aromatic carbocycles. The second-order valence-electron chi connectivity index (χ2n) is 4.59. The van der Waals surface area contributed by atoms with Crippen LogP contribution in [0.25, 0.3) is 11.0 Å². The summed E-state index contributed by atoms with van der Waals surface area (Å²) < 4.78 is 5.98. The lowest BCUT2D eigenvalue weighted by molar-refractivity contribution is 0.356. The van der Waals surface area contributed by atoms with E-state index >= 15 is 0 Å². The van der Waals surface area contributed by atoms with Crippen LogP contribution in [0.15, 0.2) is 28.7 Å². The third-order valence-corrected chi connectivity index (χ3v) is 3.51. The van der Waals surface area contributed by atoms with Crippen molar-refractivity contribution in [2.24, 2.45) is 0 Å². The fourth-order valence-electron chi connectivity index (χ4n) is 2.60. The van der Waals surface area contributed by atoms with Gasteiger partial charge >= 0.3 is 0 Å². The largest absolute Gasteiger partial charge is 0.459 e. The molecule has 16 heavy (non-hydrogen) atoms. The van der Waals surface area contributed by atoms with Crippen LogP contribution in [-0.2, 0) is 0 Å². The standard InChI is InChI=1S/C14H17NO/c1-10-11-6-2-3-8-13(11)16-14(10)12-7-4-5-9-15-12/h2-3,6,8,12,15H,4-5,7,9H2,1H3/t12-/m1/s1. The topological polar surface area (TPSA) is 25.2 Å². The van der Waals surface area contributed by atoms with E-state index in [9.17, 15) is 0 Å². The van der Waals surface area contributed by atoms with Gasteiger partial charge in [-0.3, -0.25) is 0 Å². The molecule has 84 valence electrons. The number of aryl methyl sites for hydroxylation is 1. The molecule has 1 aliphatic rings. The van der Waals surface area contributed by atoms with Crippen molar-refractivity contribution in [1.82, 2.24) is 5.32 Å². The number of furan rings is 1. The van der Waals surface area contributed by atoms with Crippen molar-refractivity contribution in [3.8, 4) is 0 Å². The predicted molar refractivity (Wildman–Crippen MR) is 65.5 cm³/mol. The molecule has 1 fully saturated rings. The van der Waals surface area contributed by atoms with Gasteiger partial charge in [0.2, 0.25) is 0 Å². The van der Waals surface area contributed by atoms with E-state index in [1.54, 1.807) is 0 Å². The molecule has 0 radical (unpaired) electrons. The van der Waals surface area contributed by atoms with Crippen molar-refractivity contribution in [3.63, 3.8) is 0 Å². The number of hydrogen-bond acceptors (Lipinski definition) is 2. The van der Waals surface area contributed by atoms with Gasteiger partial charge in [-0.25, -0.2) is 0 Å². The summed E-state index contributed by atoms with van der Waals surface area (Å²) in [5.74, 6) is 1.14. The van der Waals surface area contributed by atoms with E-state index < -0.39 is 0 Å². The Morgan fingerprint density at radius 1 is 1.25 bits per heavy atom. The second kappa shape index (κ2) is 3.95. The predicted octanol–water partition coefficient (Wildman–Crippen LogP) is 3.56. The summed E-state index contributed by atoms with van der Waals surface area (Å²) in [5.41, 5.74) is 2.32. The Balaban J connectivity index is 2.05. The average molecular weight is 215 g/mol. The van der Waals surface area contributed by atoms with Crippen molar-refractivity contribution in [2.45, 2.75) is 32.2 Å². The minimum absolute atomic E-state index is 0.418. The average Bonchev–Trinajstić information content (AvgIpc) is 2.69. The summed E-state index contributed by atoms with van der Waals surface area (Å²) in [6, 6.07) is 8.71. The van der Waals surface area contributed by atoms with Gasteiger partial charge in [-0.2, -0.15) is 0 Å². The van der Waals surface area contributed by atoms with Crippen LogP contribution in [0.2, 0.25) is 0 Å². The third kappa shape index (κ3) is 1.54. The molecule has 0 bridgehead atoms. The molecule has 1 aromatic heterocycles. The van der Waals surface area contributed by atoms with Gasteiger partial charge in [0.1, 0.15) is 11.3 Å². The van der Waals surface area contributed by atoms with Crippen molar-refractivity contribution in [2.75, 3.05) is 6.54 Å². The van der Waals surface area contributed by atoms with Gasteiger partial charge < -0.3 is 9.73 Å². The highest BCUT2D eigenvalue weighted by Gasteiger charge is 2.21. The first-order valence-electron chi connectivity index (χ1n) is 6.07. The first-order chi connectivity index (χ1) is 7.86. The first kappa shape index (κ1) is 9.91. The lowest BCUT2D eigenvalue weighted by Crippen LogP contribution is -2.26. The lowest BCUT2D eigenvalue weighted by atomic mass is 10.00. The van der Waals surface area contributed by atoms with Crippen molar-refractivity contribution in [3.05, 3.63) is 35.6 Å². The fraction of sp³-hybridized carbons (Fsp3) is 0.429. The molecule has 2 aromatic rings. The summed E-state index contributed by atoms with van der Waals surface area (Å²) in [6.07, 6.45) is 3.78. The molecular formula is C14H17NO. The normalized spacial score (nSPS) is 21.4. The van der Waals surface area contributed by atoms with E-state index in [2.05, 4.69) is 30.4 Å². The molecule has 1 saturated heterocycles. The molecule has 0 spiro atoms. The molecule has 0 saturated carbocycles. The van der Waals surface area contributed by atoms with Gasteiger partial charge in [0.15, 0.2) is 0 Å². The van der Waals surface area contributed by atoms with Crippen LogP contribution in [0.1, 0.15) is 36.6 Å². The highest BCUT2D eigenvalue weighted by Crippen LogP contribution is 2.32. The van der Waals surface area contributed by atoms with E-state index in [4.69, 9.17) is 4.42 Å². The maximum Gasteiger partial charge on any atom is 0.134 e. The molecular weight excluding hydrogens is 198 g/mol. The molecule has 3 rings (SSSR count). The smallest absolute Gasteiger partial charge is 0.134 e. The molecule has 0 unspecified atom stereocenters. The number of para-hydroxylation sites is 1. The van der Waals surface area contributed by atoms with Crippen LogP contribution in [0.3, 0.4) is 0 Å². The van der Waals surface area contributed by atoms with Gasteiger partial charge in [-0.1, -0.05) is 24.6 Å². The van der Waals surface area contributed by atoms with E-state index in [1.165, 1.54) is 30.2 Å². The molecule has 1 atom stereocenters. The van der Waals surface area contributed by atoms with Crippen LogP contribution >= 0.6 is 0 Å². The first-order valence-corrected chi connectivity index (χ1v) is 6.07. The molecule has 2 nitrogen and oxygen atoms in total. The minimum atomic E-state index is 0.418. The Bertz CT molecular complexity index is 494. The van der Waals surface area contributed by atoms with Crippen LogP contribution in [-0.4, -0.2) is 6.54 Å². The Labute approximate surface area is 95.6 Å². The zero-order valence-corrected chi connectivity index (χ0v) is 9.62. The monoisotopic (exact) mass is 215 g/mol. The number of fused-ring (bicyclic) bond motifs is 1. The van der Waals surface area contributed by atoms with Crippen molar-refractivity contribution >= 4 is 11.0 Å². The van der Waals surface area contributed by atoms with Gasteiger partial charge in [-0.15, -0.1) is 0 Å². The maximum absolute atomic E-state index is 5.98. The van der Waals surface area contributed by atoms with Crippen LogP contribution in [0, 0.1) is 6.92 Å². The highest BCUT2D eigenvalue weighted by molar-refractivity contribution is 5.82. The number of nitrogens with one attached hydrogen (secondary N) is 1. The minimum Gasteiger partial charge on any atom is -0.459 e. The van der Waals surface area contributed by atoms with Gasteiger partial charge in [0, 0.05) is 5.39 Å². The maximum atomic E-state index is 5.98. The Morgan fingerprint density at radius 2 is 2.12 bits per heavy atom. The summed E-state index contributed by atoms with van der Waals surface area (Å²) in [7, 11) is 0. The SMILES string of the molecule is Cc1c([C@H]2CCCCN2)oc2ccccc12. The van der Waals surface area contributed by atoms with Crippen LogP contribution < -0.4 is 5.32 Å². The van der Waals surface area contributed by atoms with Crippen LogP contribution in [0.5, 0.6) is 0 Å². The zero-order valence-electron chi connectivity index (χ0n) is 9.62. The van der Waals surface area contributed by atoms with Gasteiger partial charge in [0.05, 0.1) is 6.04 Å². The molecule has 0 amide bonds. The molecule has 2 heteroatoms. The van der Waals surface area contributed by atoms with E-state index in [-0.39, 0.29) is 0 Å². The summed E-state index contributed by atoms with van der Waals surface area (Å²) >= 11 is 0. The summed E-state index contributed by atoms with van der Waals surface area (Å²) in [5, 5.41) is 4.80. The third-order valence-electron chi connectivity index (χ3n) is 3.51. The summed E-state index contributed by atoms with van der Waals surface area (Å²) in [6.45, 7) is 3.28. The lowest BCUT2D eigenvalue weighted by Gasteiger charge is -2.22. The van der Waals surface area contributed by atoms with E-state index in [0.29, 0.717) is 6.04 Å². The highest BCUT2D eigenvalue weighted by atomic mass is 16.3. The number of hydrogen-bond donors (Lipinski definition) is 1. The van der Waals surface area contributed by atoms with Crippen molar-refractivity contribution < 1.29 is 4.42 Å². The molecule has 2 heterocycles. The van der Waals surface area contributed by atoms with E-state index in [0.717, 1.165) is 17.9 Å². The second-order valence-corrected chi connectivity index (χ2v) is 4.59. The summed E-state index contributed by atoms with van der Waals surface area (Å²) in [4.78, 5) is 0. The number of benzene rings is 1. The molecule has 1 N–H and O–H groups in total. The Hall–Kier alpha value is -1.28. The number of piperidine rings is 1. The Morgan fingerprint density at radius 3 is 2.88 bits per heavy atom. The molecule has 0 aliphatic carbocycles. The van der Waals surface area contributed by atoms with Crippen molar-refractivity contribution in [1.29, 1.82) is 0 Å². The fourth-order valence-corrected chi connectivity index (χ4v) is 2.60. The molecule has 1 aliphatic heterocycles. The zero-order chi connectivity index (χ0) is 11.0.